The Bertz CT molecular complexity index is 829. The van der Waals surface area contributed by atoms with Crippen LogP contribution in [0.2, 0.25) is 0 Å². The molecule has 0 aliphatic carbocycles. The fraction of sp³-hybridized carbons (Fsp3) is 0.176. The van der Waals surface area contributed by atoms with Gasteiger partial charge < -0.3 is 9.73 Å². The molecule has 0 radical (unpaired) electrons. The lowest BCUT2D eigenvalue weighted by Crippen LogP contribution is -2.13. The number of thioether (sulfide) groups is 1. The number of hydrogen-bond acceptors (Lipinski definition) is 6. The van der Waals surface area contributed by atoms with Gasteiger partial charge >= 0.3 is 0 Å². The van der Waals surface area contributed by atoms with Crippen molar-refractivity contribution < 1.29 is 9.21 Å². The minimum atomic E-state index is -0.141. The van der Waals surface area contributed by atoms with Gasteiger partial charge in [-0.25, -0.2) is 0 Å². The van der Waals surface area contributed by atoms with Crippen LogP contribution in [0.4, 0.5) is 5.69 Å². The SMILES string of the molecule is Cc1cccc(C)c1-c1nnc(SCC(=O)Nc2ccncc2)o1. The van der Waals surface area contributed by atoms with Gasteiger partial charge in [0.25, 0.3) is 5.22 Å². The molecule has 6 nitrogen and oxygen atoms in total. The Labute approximate surface area is 143 Å². The van der Waals surface area contributed by atoms with Gasteiger partial charge in [0.05, 0.1) is 5.75 Å². The van der Waals surface area contributed by atoms with Crippen LogP contribution < -0.4 is 5.32 Å². The molecule has 0 saturated carbocycles. The van der Waals surface area contributed by atoms with Crippen molar-refractivity contribution >= 4 is 23.4 Å². The van der Waals surface area contributed by atoms with Gasteiger partial charge in [0.2, 0.25) is 11.8 Å². The van der Waals surface area contributed by atoms with Gasteiger partial charge in [0.15, 0.2) is 0 Å². The monoisotopic (exact) mass is 340 g/mol. The molecular formula is C17H16N4O2S. The number of aryl methyl sites for hydroxylation is 2. The van der Waals surface area contributed by atoms with E-state index in [-0.39, 0.29) is 11.7 Å². The number of pyridine rings is 1. The number of anilines is 1. The quantitative estimate of drug-likeness (QED) is 0.716. The predicted octanol–water partition coefficient (Wildman–Crippen LogP) is 3.48. The van der Waals surface area contributed by atoms with Gasteiger partial charge in [-0.05, 0) is 37.1 Å². The number of benzene rings is 1. The molecule has 0 aliphatic heterocycles. The minimum absolute atomic E-state index is 0.141. The Balaban J connectivity index is 1.63. The van der Waals surface area contributed by atoms with Crippen LogP contribution in [0.1, 0.15) is 11.1 Å². The Morgan fingerprint density at radius 2 is 1.83 bits per heavy atom. The van der Waals surface area contributed by atoms with E-state index in [1.807, 2.05) is 32.0 Å². The van der Waals surface area contributed by atoms with Crippen molar-refractivity contribution in [1.29, 1.82) is 0 Å². The number of aromatic nitrogens is 3. The van der Waals surface area contributed by atoms with Crippen molar-refractivity contribution in [2.24, 2.45) is 0 Å². The zero-order chi connectivity index (χ0) is 16.9. The average Bonchev–Trinajstić information content (AvgIpc) is 3.02. The molecular weight excluding hydrogens is 324 g/mol. The number of nitrogens with zero attached hydrogens (tertiary/aromatic N) is 3. The van der Waals surface area contributed by atoms with Gasteiger partial charge in [-0.2, -0.15) is 0 Å². The van der Waals surface area contributed by atoms with Crippen LogP contribution in [0.5, 0.6) is 0 Å². The molecule has 3 aromatic rings. The summed E-state index contributed by atoms with van der Waals surface area (Å²) in [5, 5.41) is 11.3. The number of carbonyl (C=O) groups is 1. The molecule has 2 aromatic heterocycles. The molecule has 0 unspecified atom stereocenters. The molecule has 2 heterocycles. The first-order valence-corrected chi connectivity index (χ1v) is 8.35. The molecule has 0 spiro atoms. The average molecular weight is 340 g/mol. The van der Waals surface area contributed by atoms with E-state index in [0.717, 1.165) is 16.7 Å². The maximum absolute atomic E-state index is 11.9. The second kappa shape index (κ2) is 7.27. The molecule has 0 atom stereocenters. The summed E-state index contributed by atoms with van der Waals surface area (Å²) in [5.74, 6) is 0.525. The van der Waals surface area contributed by atoms with Crippen LogP contribution in [0.25, 0.3) is 11.5 Å². The number of hydrogen-bond donors (Lipinski definition) is 1. The number of amides is 1. The smallest absolute Gasteiger partial charge is 0.277 e. The Morgan fingerprint density at radius 3 is 2.54 bits per heavy atom. The van der Waals surface area contributed by atoms with Gasteiger partial charge in [-0.15, -0.1) is 10.2 Å². The van der Waals surface area contributed by atoms with Gasteiger partial charge in [0.1, 0.15) is 0 Å². The maximum Gasteiger partial charge on any atom is 0.277 e. The molecule has 0 fully saturated rings. The van der Waals surface area contributed by atoms with Crippen LogP contribution in [0.15, 0.2) is 52.4 Å². The predicted molar refractivity (Wildman–Crippen MR) is 92.8 cm³/mol. The zero-order valence-electron chi connectivity index (χ0n) is 13.3. The van der Waals surface area contributed by atoms with E-state index in [1.165, 1.54) is 11.8 Å². The minimum Gasteiger partial charge on any atom is -0.411 e. The van der Waals surface area contributed by atoms with Crippen molar-refractivity contribution in [3.63, 3.8) is 0 Å². The first-order chi connectivity index (χ1) is 11.6. The summed E-state index contributed by atoms with van der Waals surface area (Å²) in [7, 11) is 0. The van der Waals surface area contributed by atoms with Crippen molar-refractivity contribution in [2.75, 3.05) is 11.1 Å². The van der Waals surface area contributed by atoms with Gasteiger partial charge in [-0.1, -0.05) is 30.0 Å². The molecule has 3 rings (SSSR count). The second-order valence-corrected chi connectivity index (χ2v) is 6.14. The highest BCUT2D eigenvalue weighted by molar-refractivity contribution is 7.99. The molecule has 24 heavy (non-hydrogen) atoms. The Morgan fingerprint density at radius 1 is 1.12 bits per heavy atom. The highest BCUT2D eigenvalue weighted by Gasteiger charge is 2.14. The third-order valence-corrected chi connectivity index (χ3v) is 4.21. The van der Waals surface area contributed by atoms with Crippen LogP contribution in [-0.4, -0.2) is 26.8 Å². The van der Waals surface area contributed by atoms with Crippen LogP contribution in [0.3, 0.4) is 0 Å². The van der Waals surface area contributed by atoms with E-state index < -0.39 is 0 Å². The fourth-order valence-electron chi connectivity index (χ4n) is 2.28. The number of rotatable bonds is 5. The summed E-state index contributed by atoms with van der Waals surface area (Å²) in [6.07, 6.45) is 3.25. The molecule has 0 aliphatic rings. The summed E-state index contributed by atoms with van der Waals surface area (Å²) in [4.78, 5) is 15.8. The van der Waals surface area contributed by atoms with Crippen molar-refractivity contribution in [3.05, 3.63) is 53.9 Å². The molecule has 7 heteroatoms. The summed E-state index contributed by atoms with van der Waals surface area (Å²) in [6.45, 7) is 4.00. The fourth-order valence-corrected chi connectivity index (χ4v) is 2.84. The Kier molecular flexibility index (Phi) is 4.90. The highest BCUT2D eigenvalue weighted by atomic mass is 32.2. The third kappa shape index (κ3) is 3.80. The van der Waals surface area contributed by atoms with Crippen LogP contribution in [-0.2, 0) is 4.79 Å². The number of nitrogens with one attached hydrogen (secondary N) is 1. The van der Waals surface area contributed by atoms with Crippen LogP contribution in [0, 0.1) is 13.8 Å². The van der Waals surface area contributed by atoms with Gasteiger partial charge in [0, 0.05) is 23.6 Å². The Hall–Kier alpha value is -2.67. The lowest BCUT2D eigenvalue weighted by molar-refractivity contribution is -0.113. The van der Waals surface area contributed by atoms with E-state index >= 15 is 0 Å². The molecule has 0 saturated heterocycles. The first kappa shape index (κ1) is 16.2. The van der Waals surface area contributed by atoms with E-state index in [9.17, 15) is 4.79 Å². The number of carbonyl (C=O) groups excluding carboxylic acids is 1. The van der Waals surface area contributed by atoms with E-state index in [2.05, 4.69) is 20.5 Å². The molecule has 1 aromatic carbocycles. The zero-order valence-corrected chi connectivity index (χ0v) is 14.1. The van der Waals surface area contributed by atoms with Crippen molar-refractivity contribution in [3.8, 4) is 11.5 Å². The largest absolute Gasteiger partial charge is 0.411 e. The van der Waals surface area contributed by atoms with Gasteiger partial charge in [-0.3, -0.25) is 9.78 Å². The standard InChI is InChI=1S/C17H16N4O2S/c1-11-4-3-5-12(2)15(11)16-20-21-17(23-16)24-10-14(22)19-13-6-8-18-9-7-13/h3-9H,10H2,1-2H3,(H,18,19,22). The molecule has 0 bridgehead atoms. The second-order valence-electron chi connectivity index (χ2n) is 5.21. The van der Waals surface area contributed by atoms with E-state index in [0.29, 0.717) is 16.8 Å². The van der Waals surface area contributed by atoms with Crippen molar-refractivity contribution in [2.45, 2.75) is 19.1 Å². The lowest BCUT2D eigenvalue weighted by Gasteiger charge is -2.04. The highest BCUT2D eigenvalue weighted by Crippen LogP contribution is 2.28. The summed E-state index contributed by atoms with van der Waals surface area (Å²) >= 11 is 1.21. The summed E-state index contributed by atoms with van der Waals surface area (Å²) < 4.78 is 5.68. The first-order valence-electron chi connectivity index (χ1n) is 7.36. The van der Waals surface area contributed by atoms with Crippen molar-refractivity contribution in [1.82, 2.24) is 15.2 Å². The third-order valence-electron chi connectivity index (χ3n) is 3.39. The van der Waals surface area contributed by atoms with E-state index in [4.69, 9.17) is 4.42 Å². The normalized spacial score (nSPS) is 10.6. The molecule has 1 N–H and O–H groups in total. The van der Waals surface area contributed by atoms with E-state index in [1.54, 1.807) is 24.5 Å². The lowest BCUT2D eigenvalue weighted by atomic mass is 10.0. The van der Waals surface area contributed by atoms with Crippen LogP contribution >= 0.6 is 11.8 Å². The molecule has 122 valence electrons. The topological polar surface area (TPSA) is 80.9 Å². The maximum atomic E-state index is 11.9. The summed E-state index contributed by atoms with van der Waals surface area (Å²) in [5.41, 5.74) is 3.80. The molecule has 1 amide bonds. The summed E-state index contributed by atoms with van der Waals surface area (Å²) in [6, 6.07) is 9.45.